The minimum atomic E-state index is 0.637. The monoisotopic (exact) mass is 197 g/mol. The van der Waals surface area contributed by atoms with Crippen LogP contribution in [0.4, 0.5) is 0 Å². The van der Waals surface area contributed by atoms with E-state index in [4.69, 9.17) is 4.74 Å². The molecule has 2 nitrogen and oxygen atoms in total. The van der Waals surface area contributed by atoms with Crippen LogP contribution in [0.1, 0.15) is 39.5 Å². The smallest absolute Gasteiger partial charge is 0.0620 e. The standard InChI is InChI=1S/C12H23NO/c1-3-10-4-5-12(9(10)2)13-11-6-7-14-8-11/h9-13H,3-8H2,1-2H3. The molecule has 1 saturated heterocycles. The van der Waals surface area contributed by atoms with Gasteiger partial charge in [-0.25, -0.2) is 0 Å². The Morgan fingerprint density at radius 2 is 2.14 bits per heavy atom. The highest BCUT2D eigenvalue weighted by Crippen LogP contribution is 2.34. The van der Waals surface area contributed by atoms with Crippen molar-refractivity contribution in [2.75, 3.05) is 13.2 Å². The molecule has 2 fully saturated rings. The normalized spacial score (nSPS) is 43.3. The lowest BCUT2D eigenvalue weighted by Crippen LogP contribution is -2.40. The van der Waals surface area contributed by atoms with Gasteiger partial charge < -0.3 is 10.1 Å². The summed E-state index contributed by atoms with van der Waals surface area (Å²) in [5.74, 6) is 1.82. The van der Waals surface area contributed by atoms with Gasteiger partial charge in [-0.1, -0.05) is 20.3 Å². The van der Waals surface area contributed by atoms with Gasteiger partial charge in [0.25, 0.3) is 0 Å². The molecule has 0 spiro atoms. The van der Waals surface area contributed by atoms with Crippen molar-refractivity contribution in [3.63, 3.8) is 0 Å². The van der Waals surface area contributed by atoms with Gasteiger partial charge in [-0.15, -0.1) is 0 Å². The first-order valence-corrected chi connectivity index (χ1v) is 6.15. The average Bonchev–Trinajstić information content (AvgIpc) is 2.79. The molecule has 0 aromatic carbocycles. The van der Waals surface area contributed by atoms with Crippen molar-refractivity contribution in [2.45, 2.75) is 51.6 Å². The second-order valence-electron chi connectivity index (χ2n) is 4.94. The van der Waals surface area contributed by atoms with Gasteiger partial charge >= 0.3 is 0 Å². The van der Waals surface area contributed by atoms with Gasteiger partial charge in [0, 0.05) is 18.7 Å². The summed E-state index contributed by atoms with van der Waals surface area (Å²) in [4.78, 5) is 0. The fraction of sp³-hybridized carbons (Fsp3) is 1.00. The highest BCUT2D eigenvalue weighted by atomic mass is 16.5. The van der Waals surface area contributed by atoms with Gasteiger partial charge in [-0.2, -0.15) is 0 Å². The molecule has 0 aromatic heterocycles. The van der Waals surface area contributed by atoms with Crippen LogP contribution in [0.25, 0.3) is 0 Å². The van der Waals surface area contributed by atoms with Crippen LogP contribution in [0.5, 0.6) is 0 Å². The Kier molecular flexibility index (Phi) is 3.45. The summed E-state index contributed by atoms with van der Waals surface area (Å²) >= 11 is 0. The fourth-order valence-corrected chi connectivity index (χ4v) is 3.03. The molecule has 0 amide bonds. The number of hydrogen-bond donors (Lipinski definition) is 1. The van der Waals surface area contributed by atoms with E-state index in [0.29, 0.717) is 6.04 Å². The van der Waals surface area contributed by atoms with Gasteiger partial charge in [0.05, 0.1) is 6.61 Å². The first-order valence-electron chi connectivity index (χ1n) is 6.15. The van der Waals surface area contributed by atoms with Crippen LogP contribution < -0.4 is 5.32 Å². The Bertz CT molecular complexity index is 177. The van der Waals surface area contributed by atoms with E-state index in [0.717, 1.165) is 31.1 Å². The van der Waals surface area contributed by atoms with E-state index >= 15 is 0 Å². The Labute approximate surface area is 87.4 Å². The summed E-state index contributed by atoms with van der Waals surface area (Å²) in [6.45, 7) is 6.62. The van der Waals surface area contributed by atoms with E-state index in [-0.39, 0.29) is 0 Å². The van der Waals surface area contributed by atoms with Crippen molar-refractivity contribution in [2.24, 2.45) is 11.8 Å². The third-order valence-corrected chi connectivity index (χ3v) is 4.13. The van der Waals surface area contributed by atoms with Crippen LogP contribution in [0.15, 0.2) is 0 Å². The van der Waals surface area contributed by atoms with Crippen molar-refractivity contribution >= 4 is 0 Å². The molecule has 1 aliphatic carbocycles. The summed E-state index contributed by atoms with van der Waals surface area (Å²) in [6, 6.07) is 1.39. The molecule has 2 aliphatic rings. The van der Waals surface area contributed by atoms with Gasteiger partial charge in [0.2, 0.25) is 0 Å². The van der Waals surface area contributed by atoms with Crippen LogP contribution in [0.2, 0.25) is 0 Å². The summed E-state index contributed by atoms with van der Waals surface area (Å²) in [7, 11) is 0. The largest absolute Gasteiger partial charge is 0.380 e. The van der Waals surface area contributed by atoms with Crippen molar-refractivity contribution in [1.82, 2.24) is 5.32 Å². The van der Waals surface area contributed by atoms with Crippen molar-refractivity contribution in [1.29, 1.82) is 0 Å². The molecule has 2 heteroatoms. The topological polar surface area (TPSA) is 21.3 Å². The van der Waals surface area contributed by atoms with Gasteiger partial charge in [-0.3, -0.25) is 0 Å². The van der Waals surface area contributed by atoms with Crippen LogP contribution in [-0.2, 0) is 4.74 Å². The molecule has 2 rings (SSSR count). The molecule has 1 heterocycles. The minimum absolute atomic E-state index is 0.637. The highest BCUT2D eigenvalue weighted by Gasteiger charge is 2.33. The molecular formula is C12H23NO. The van der Waals surface area contributed by atoms with E-state index in [1.165, 1.54) is 25.7 Å². The Morgan fingerprint density at radius 1 is 1.29 bits per heavy atom. The molecule has 1 saturated carbocycles. The predicted molar refractivity (Wildman–Crippen MR) is 58.3 cm³/mol. The molecule has 1 aliphatic heterocycles. The summed E-state index contributed by atoms with van der Waals surface area (Å²) < 4.78 is 5.39. The molecule has 82 valence electrons. The first kappa shape index (κ1) is 10.4. The number of ether oxygens (including phenoxy) is 1. The molecule has 0 aromatic rings. The summed E-state index contributed by atoms with van der Waals surface area (Å²) in [5, 5.41) is 3.77. The van der Waals surface area contributed by atoms with Crippen LogP contribution in [0.3, 0.4) is 0 Å². The van der Waals surface area contributed by atoms with Crippen LogP contribution in [0, 0.1) is 11.8 Å². The Hall–Kier alpha value is -0.0800. The molecule has 14 heavy (non-hydrogen) atoms. The first-order chi connectivity index (χ1) is 6.81. The van der Waals surface area contributed by atoms with Crippen LogP contribution in [-0.4, -0.2) is 25.3 Å². The molecule has 4 atom stereocenters. The lowest BCUT2D eigenvalue weighted by Gasteiger charge is -2.23. The zero-order valence-electron chi connectivity index (χ0n) is 9.46. The fourth-order valence-electron chi connectivity index (χ4n) is 3.03. The van der Waals surface area contributed by atoms with E-state index in [9.17, 15) is 0 Å². The summed E-state index contributed by atoms with van der Waals surface area (Å²) in [6.07, 6.45) is 5.35. The van der Waals surface area contributed by atoms with E-state index < -0.39 is 0 Å². The van der Waals surface area contributed by atoms with Crippen molar-refractivity contribution in [3.8, 4) is 0 Å². The Balaban J connectivity index is 1.80. The van der Waals surface area contributed by atoms with Gasteiger partial charge in [-0.05, 0) is 31.1 Å². The van der Waals surface area contributed by atoms with Crippen molar-refractivity contribution < 1.29 is 4.74 Å². The molecular weight excluding hydrogens is 174 g/mol. The molecule has 0 radical (unpaired) electrons. The summed E-state index contributed by atoms with van der Waals surface area (Å²) in [5.41, 5.74) is 0. The number of hydrogen-bond acceptors (Lipinski definition) is 2. The third-order valence-electron chi connectivity index (χ3n) is 4.13. The maximum Gasteiger partial charge on any atom is 0.0620 e. The molecule has 4 unspecified atom stereocenters. The third kappa shape index (κ3) is 2.12. The minimum Gasteiger partial charge on any atom is -0.380 e. The Morgan fingerprint density at radius 3 is 2.71 bits per heavy atom. The zero-order valence-corrected chi connectivity index (χ0v) is 9.46. The SMILES string of the molecule is CCC1CCC(NC2CCOC2)C1C. The lowest BCUT2D eigenvalue weighted by molar-refractivity contribution is 0.185. The van der Waals surface area contributed by atoms with Crippen LogP contribution >= 0.6 is 0 Å². The number of rotatable bonds is 3. The molecule has 1 N–H and O–H groups in total. The quantitative estimate of drug-likeness (QED) is 0.749. The average molecular weight is 197 g/mol. The zero-order chi connectivity index (χ0) is 9.97. The van der Waals surface area contributed by atoms with Crippen molar-refractivity contribution in [3.05, 3.63) is 0 Å². The lowest BCUT2D eigenvalue weighted by atomic mass is 9.93. The van der Waals surface area contributed by atoms with E-state index in [2.05, 4.69) is 19.2 Å². The predicted octanol–water partition coefficient (Wildman–Crippen LogP) is 2.19. The second-order valence-corrected chi connectivity index (χ2v) is 4.94. The second kappa shape index (κ2) is 4.63. The maximum absolute atomic E-state index is 5.39. The van der Waals surface area contributed by atoms with E-state index in [1.807, 2.05) is 0 Å². The maximum atomic E-state index is 5.39. The highest BCUT2D eigenvalue weighted by molar-refractivity contribution is 4.89. The van der Waals surface area contributed by atoms with E-state index in [1.54, 1.807) is 0 Å². The molecule has 0 bridgehead atoms. The van der Waals surface area contributed by atoms with Gasteiger partial charge in [0.1, 0.15) is 0 Å². The van der Waals surface area contributed by atoms with Gasteiger partial charge in [0.15, 0.2) is 0 Å². The number of nitrogens with one attached hydrogen (secondary N) is 1.